The summed E-state index contributed by atoms with van der Waals surface area (Å²) in [5.74, 6) is 1.48. The normalized spacial score (nSPS) is 16.6. The summed E-state index contributed by atoms with van der Waals surface area (Å²) in [4.78, 5) is 23.3. The number of nitrogen functional groups attached to an aromatic ring is 1. The monoisotopic (exact) mass is 433 g/mol. The number of methoxy groups -OCH3 is 1. The van der Waals surface area contributed by atoms with Gasteiger partial charge in [-0.1, -0.05) is 43.5 Å². The molecule has 6 heteroatoms. The molecule has 0 bridgehead atoms. The van der Waals surface area contributed by atoms with Crippen molar-refractivity contribution in [1.29, 1.82) is 0 Å². The molecule has 6 nitrogen and oxygen atoms in total. The minimum atomic E-state index is -0.622. The fourth-order valence-electron chi connectivity index (χ4n) is 4.69. The molecular weight excluding hydrogens is 402 g/mol. The summed E-state index contributed by atoms with van der Waals surface area (Å²) < 4.78 is 5.33. The third kappa shape index (κ3) is 4.55. The Bertz CT molecular complexity index is 1130. The first-order valence-corrected chi connectivity index (χ1v) is 11.3. The van der Waals surface area contributed by atoms with Gasteiger partial charge < -0.3 is 21.1 Å². The molecule has 4 N–H and O–H groups in total. The molecule has 168 valence electrons. The Morgan fingerprint density at radius 1 is 0.969 bits per heavy atom. The molecule has 1 saturated carbocycles. The van der Waals surface area contributed by atoms with Crippen molar-refractivity contribution < 1.29 is 4.74 Å². The fraction of sp³-hybridized carbons (Fsp3) is 0.385. The SMILES string of the molecule is COc1ccc(C(N[C@@H](C)C2CCCCC2)c2cccc(Nc3c(N)c(=O)c3=O)c2)cc1. The van der Waals surface area contributed by atoms with E-state index >= 15 is 0 Å². The lowest BCUT2D eigenvalue weighted by molar-refractivity contribution is 0.272. The van der Waals surface area contributed by atoms with Crippen molar-refractivity contribution >= 4 is 17.1 Å². The molecule has 0 heterocycles. The summed E-state index contributed by atoms with van der Waals surface area (Å²) in [5.41, 5.74) is 7.61. The number of nitrogens with one attached hydrogen (secondary N) is 2. The van der Waals surface area contributed by atoms with E-state index in [1.165, 1.54) is 32.1 Å². The molecule has 32 heavy (non-hydrogen) atoms. The van der Waals surface area contributed by atoms with Crippen molar-refractivity contribution in [3.8, 4) is 5.75 Å². The van der Waals surface area contributed by atoms with Gasteiger partial charge in [0.05, 0.1) is 13.2 Å². The maximum absolute atomic E-state index is 11.8. The van der Waals surface area contributed by atoms with Crippen LogP contribution in [0.2, 0.25) is 0 Å². The Hall–Kier alpha value is -3.12. The molecule has 0 saturated heterocycles. The maximum Gasteiger partial charge on any atom is 0.253 e. The number of hydrogen-bond donors (Lipinski definition) is 3. The quantitative estimate of drug-likeness (QED) is 0.460. The molecule has 0 aliphatic heterocycles. The molecular formula is C26H31N3O3. The van der Waals surface area contributed by atoms with Gasteiger partial charge in [0, 0.05) is 11.7 Å². The van der Waals surface area contributed by atoms with Crippen LogP contribution >= 0.6 is 0 Å². The standard InChI is InChI=1S/C26H31N3O3/c1-16(17-7-4-3-5-8-17)28-23(18-11-13-21(32-2)14-12-18)19-9-6-10-20(15-19)29-24-22(27)25(30)26(24)31/h6,9-17,23,28-29H,3-5,7-8,27H2,1-2H3/t16-,23?/m0/s1. The zero-order valence-corrected chi connectivity index (χ0v) is 18.7. The van der Waals surface area contributed by atoms with Gasteiger partial charge in [-0.2, -0.15) is 0 Å². The molecule has 4 rings (SSSR count). The summed E-state index contributed by atoms with van der Waals surface area (Å²) in [6.07, 6.45) is 6.45. The van der Waals surface area contributed by atoms with Crippen molar-refractivity contribution in [1.82, 2.24) is 5.32 Å². The van der Waals surface area contributed by atoms with E-state index in [0.717, 1.165) is 22.6 Å². The number of nitrogens with two attached hydrogens (primary N) is 1. The summed E-state index contributed by atoms with van der Waals surface area (Å²) >= 11 is 0. The van der Waals surface area contributed by atoms with Crippen LogP contribution in [0, 0.1) is 5.92 Å². The Labute approximate surface area is 188 Å². The first kappa shape index (κ1) is 22.1. The van der Waals surface area contributed by atoms with Crippen molar-refractivity contribution in [2.75, 3.05) is 18.2 Å². The molecule has 1 aliphatic rings. The van der Waals surface area contributed by atoms with Crippen LogP contribution in [0.25, 0.3) is 0 Å². The van der Waals surface area contributed by atoms with Crippen molar-refractivity contribution in [2.24, 2.45) is 5.92 Å². The second kappa shape index (κ2) is 9.57. The van der Waals surface area contributed by atoms with Crippen LogP contribution in [0.1, 0.15) is 56.2 Å². The first-order chi connectivity index (χ1) is 15.5. The first-order valence-electron chi connectivity index (χ1n) is 11.3. The molecule has 3 aromatic carbocycles. The van der Waals surface area contributed by atoms with Crippen LogP contribution in [-0.2, 0) is 0 Å². The summed E-state index contributed by atoms with van der Waals surface area (Å²) in [5, 5.41) is 6.89. The smallest absolute Gasteiger partial charge is 0.253 e. The van der Waals surface area contributed by atoms with Gasteiger partial charge in [0.25, 0.3) is 10.9 Å². The highest BCUT2D eigenvalue weighted by Crippen LogP contribution is 2.31. The van der Waals surface area contributed by atoms with E-state index in [-0.39, 0.29) is 17.4 Å². The van der Waals surface area contributed by atoms with Crippen molar-refractivity contribution in [3.05, 3.63) is 80.1 Å². The molecule has 0 radical (unpaired) electrons. The third-order valence-corrected chi connectivity index (χ3v) is 6.67. The Morgan fingerprint density at radius 2 is 1.69 bits per heavy atom. The van der Waals surface area contributed by atoms with Crippen LogP contribution in [0.3, 0.4) is 0 Å². The largest absolute Gasteiger partial charge is 0.497 e. The van der Waals surface area contributed by atoms with Gasteiger partial charge >= 0.3 is 0 Å². The number of rotatable bonds is 8. The van der Waals surface area contributed by atoms with Gasteiger partial charge in [0.2, 0.25) is 0 Å². The maximum atomic E-state index is 11.8. The predicted molar refractivity (Wildman–Crippen MR) is 130 cm³/mol. The average molecular weight is 434 g/mol. The van der Waals surface area contributed by atoms with E-state index in [1.807, 2.05) is 30.3 Å². The summed E-state index contributed by atoms with van der Waals surface area (Å²) in [6.45, 7) is 2.28. The highest BCUT2D eigenvalue weighted by molar-refractivity contribution is 5.76. The molecule has 2 atom stereocenters. The lowest BCUT2D eigenvalue weighted by atomic mass is 9.83. The van der Waals surface area contributed by atoms with Gasteiger partial charge in [-0.3, -0.25) is 9.59 Å². The van der Waals surface area contributed by atoms with Crippen LogP contribution in [0.4, 0.5) is 17.1 Å². The zero-order valence-electron chi connectivity index (χ0n) is 18.7. The van der Waals surface area contributed by atoms with E-state index in [4.69, 9.17) is 10.5 Å². The summed E-state index contributed by atoms with van der Waals surface area (Å²) in [7, 11) is 1.66. The number of hydrogen-bond acceptors (Lipinski definition) is 6. The van der Waals surface area contributed by atoms with E-state index in [1.54, 1.807) is 7.11 Å². The highest BCUT2D eigenvalue weighted by atomic mass is 16.5. The zero-order chi connectivity index (χ0) is 22.7. The molecule has 1 aliphatic carbocycles. The molecule has 1 fully saturated rings. The van der Waals surface area contributed by atoms with Crippen LogP contribution < -0.4 is 32.0 Å². The molecule has 0 amide bonds. The van der Waals surface area contributed by atoms with Crippen molar-refractivity contribution in [2.45, 2.75) is 51.1 Å². The minimum absolute atomic E-state index is 0.00356. The average Bonchev–Trinajstić information content (AvgIpc) is 2.85. The molecule has 0 spiro atoms. The van der Waals surface area contributed by atoms with Gasteiger partial charge in [0.1, 0.15) is 17.1 Å². The van der Waals surface area contributed by atoms with Crippen LogP contribution in [0.15, 0.2) is 58.1 Å². The van der Waals surface area contributed by atoms with Crippen molar-refractivity contribution in [3.63, 3.8) is 0 Å². The van der Waals surface area contributed by atoms with E-state index < -0.39 is 10.9 Å². The second-order valence-electron chi connectivity index (χ2n) is 8.76. The third-order valence-electron chi connectivity index (χ3n) is 6.67. The Morgan fingerprint density at radius 3 is 2.34 bits per heavy atom. The van der Waals surface area contributed by atoms with Crippen LogP contribution in [0.5, 0.6) is 5.75 Å². The number of anilines is 3. The predicted octanol–water partition coefficient (Wildman–Crippen LogP) is 4.26. The van der Waals surface area contributed by atoms with Gasteiger partial charge in [0.15, 0.2) is 0 Å². The lowest BCUT2D eigenvalue weighted by Gasteiger charge is -2.32. The minimum Gasteiger partial charge on any atom is -0.497 e. The van der Waals surface area contributed by atoms with Gasteiger partial charge in [-0.05, 0) is 61.1 Å². The lowest BCUT2D eigenvalue weighted by Crippen LogP contribution is -2.38. The topological polar surface area (TPSA) is 93.4 Å². The number of ether oxygens (including phenoxy) is 1. The van der Waals surface area contributed by atoms with Gasteiger partial charge in [-0.15, -0.1) is 0 Å². The molecule has 3 aromatic rings. The Balaban J connectivity index is 1.62. The van der Waals surface area contributed by atoms with Gasteiger partial charge in [-0.25, -0.2) is 0 Å². The molecule has 0 aromatic heterocycles. The van der Waals surface area contributed by atoms with Crippen LogP contribution in [-0.4, -0.2) is 13.2 Å². The number of benzene rings is 2. The fourth-order valence-corrected chi connectivity index (χ4v) is 4.69. The summed E-state index contributed by atoms with van der Waals surface area (Å²) in [6, 6.07) is 16.4. The van der Waals surface area contributed by atoms with E-state index in [2.05, 4.69) is 35.8 Å². The second-order valence-corrected chi connectivity index (χ2v) is 8.76. The highest BCUT2D eigenvalue weighted by Gasteiger charge is 2.25. The van der Waals surface area contributed by atoms with E-state index in [0.29, 0.717) is 12.0 Å². The molecule has 1 unspecified atom stereocenters. The Kier molecular flexibility index (Phi) is 6.61. The van der Waals surface area contributed by atoms with E-state index in [9.17, 15) is 9.59 Å².